The van der Waals surface area contributed by atoms with Gasteiger partial charge in [0.25, 0.3) is 0 Å². The summed E-state index contributed by atoms with van der Waals surface area (Å²) < 4.78 is 5.91. The van der Waals surface area contributed by atoms with E-state index in [4.69, 9.17) is 21.6 Å². The minimum Gasteiger partial charge on any atom is -0.489 e. The van der Waals surface area contributed by atoms with E-state index < -0.39 is 0 Å². The summed E-state index contributed by atoms with van der Waals surface area (Å²) in [7, 11) is 1.92. The van der Waals surface area contributed by atoms with Crippen LogP contribution in [0.25, 0.3) is 0 Å². The molecule has 0 bridgehead atoms. The molecule has 0 radical (unpaired) electrons. The van der Waals surface area contributed by atoms with E-state index in [1.807, 2.05) is 7.05 Å². The summed E-state index contributed by atoms with van der Waals surface area (Å²) in [6.07, 6.45) is 3.06. The van der Waals surface area contributed by atoms with Crippen molar-refractivity contribution >= 4 is 24.0 Å². The predicted octanol–water partition coefficient (Wildman–Crippen LogP) is 3.79. The summed E-state index contributed by atoms with van der Waals surface area (Å²) in [6.45, 7) is 3.02. The molecule has 1 unspecified atom stereocenters. The monoisotopic (exact) mass is 302 g/mol. The molecule has 0 aliphatic carbocycles. The standard InChI is InChI=1S/C14H19ClN2O.ClH/c1-3-4-13(7-8-17-2)18-14-9-12(15)6-5-11(14)10-16;/h5-6,9,13,17H,3-4,7-8H2,1-2H3;1H. The van der Waals surface area contributed by atoms with Crippen molar-refractivity contribution in [3.8, 4) is 11.8 Å². The molecule has 0 heterocycles. The third kappa shape index (κ3) is 6.15. The highest BCUT2D eigenvalue weighted by Crippen LogP contribution is 2.25. The molecule has 1 aromatic carbocycles. The number of hydrogen-bond acceptors (Lipinski definition) is 3. The second kappa shape index (κ2) is 9.91. The Morgan fingerprint density at radius 2 is 2.16 bits per heavy atom. The summed E-state index contributed by atoms with van der Waals surface area (Å²) in [5.74, 6) is 0.583. The predicted molar refractivity (Wildman–Crippen MR) is 81.3 cm³/mol. The van der Waals surface area contributed by atoms with Crippen molar-refractivity contribution in [2.24, 2.45) is 0 Å². The zero-order valence-corrected chi connectivity index (χ0v) is 12.9. The SMILES string of the molecule is CCCC(CCNC)Oc1cc(Cl)ccc1C#N.Cl. The van der Waals surface area contributed by atoms with Crippen LogP contribution < -0.4 is 10.1 Å². The summed E-state index contributed by atoms with van der Waals surface area (Å²) in [6, 6.07) is 7.23. The first-order valence-electron chi connectivity index (χ1n) is 6.22. The number of benzene rings is 1. The molecule has 0 amide bonds. The third-order valence-corrected chi connectivity index (χ3v) is 2.92. The molecule has 0 spiro atoms. The van der Waals surface area contributed by atoms with E-state index in [2.05, 4.69) is 18.3 Å². The molecule has 106 valence electrons. The second-order valence-electron chi connectivity index (χ2n) is 4.17. The van der Waals surface area contributed by atoms with Crippen LogP contribution in [0.4, 0.5) is 0 Å². The number of rotatable bonds is 7. The average molecular weight is 303 g/mol. The number of ether oxygens (including phenoxy) is 1. The third-order valence-electron chi connectivity index (χ3n) is 2.68. The van der Waals surface area contributed by atoms with Gasteiger partial charge in [-0.15, -0.1) is 12.4 Å². The molecule has 3 nitrogen and oxygen atoms in total. The first-order valence-corrected chi connectivity index (χ1v) is 6.60. The molecule has 1 atom stereocenters. The van der Waals surface area contributed by atoms with Crippen molar-refractivity contribution in [1.29, 1.82) is 5.26 Å². The van der Waals surface area contributed by atoms with Crippen LogP contribution in [0.3, 0.4) is 0 Å². The first-order chi connectivity index (χ1) is 8.71. The Balaban J connectivity index is 0.00000324. The lowest BCUT2D eigenvalue weighted by atomic mass is 10.1. The van der Waals surface area contributed by atoms with E-state index in [1.54, 1.807) is 18.2 Å². The highest BCUT2D eigenvalue weighted by atomic mass is 35.5. The van der Waals surface area contributed by atoms with Crippen LogP contribution in [0.2, 0.25) is 5.02 Å². The normalized spacial score (nSPS) is 11.3. The minimum absolute atomic E-state index is 0. The lowest BCUT2D eigenvalue weighted by Crippen LogP contribution is -2.22. The van der Waals surface area contributed by atoms with Crippen molar-refractivity contribution in [3.05, 3.63) is 28.8 Å². The molecule has 0 saturated heterocycles. The van der Waals surface area contributed by atoms with Gasteiger partial charge in [0, 0.05) is 11.1 Å². The van der Waals surface area contributed by atoms with Gasteiger partial charge < -0.3 is 10.1 Å². The molecular weight excluding hydrogens is 283 g/mol. The van der Waals surface area contributed by atoms with Gasteiger partial charge in [-0.2, -0.15) is 5.26 Å². The van der Waals surface area contributed by atoms with E-state index in [0.717, 1.165) is 25.8 Å². The molecule has 0 saturated carbocycles. The summed E-state index contributed by atoms with van der Waals surface area (Å²) >= 11 is 5.94. The largest absolute Gasteiger partial charge is 0.489 e. The molecule has 0 fully saturated rings. The zero-order chi connectivity index (χ0) is 13.4. The highest BCUT2D eigenvalue weighted by molar-refractivity contribution is 6.30. The van der Waals surface area contributed by atoms with E-state index in [1.165, 1.54) is 0 Å². The maximum absolute atomic E-state index is 9.04. The van der Waals surface area contributed by atoms with Crippen LogP contribution >= 0.6 is 24.0 Å². The molecule has 1 rings (SSSR count). The lowest BCUT2D eigenvalue weighted by molar-refractivity contribution is 0.179. The Bertz CT molecular complexity index is 418. The molecule has 1 aromatic rings. The molecule has 19 heavy (non-hydrogen) atoms. The fourth-order valence-corrected chi connectivity index (χ4v) is 1.92. The van der Waals surface area contributed by atoms with Crippen LogP contribution in [0, 0.1) is 11.3 Å². The first kappa shape index (κ1) is 18.0. The highest BCUT2D eigenvalue weighted by Gasteiger charge is 2.12. The molecule has 1 N–H and O–H groups in total. The smallest absolute Gasteiger partial charge is 0.138 e. The Morgan fingerprint density at radius 3 is 2.74 bits per heavy atom. The van der Waals surface area contributed by atoms with Gasteiger partial charge in [-0.3, -0.25) is 0 Å². The minimum atomic E-state index is 0. The van der Waals surface area contributed by atoms with Gasteiger partial charge in [-0.1, -0.05) is 24.9 Å². The van der Waals surface area contributed by atoms with Crippen molar-refractivity contribution in [1.82, 2.24) is 5.32 Å². The van der Waals surface area contributed by atoms with Gasteiger partial charge in [0.1, 0.15) is 11.8 Å². The Morgan fingerprint density at radius 1 is 1.42 bits per heavy atom. The molecular formula is C14H20Cl2N2O. The number of nitriles is 1. The van der Waals surface area contributed by atoms with Gasteiger partial charge in [-0.05, 0) is 38.6 Å². The fraction of sp³-hybridized carbons (Fsp3) is 0.500. The molecule has 0 aliphatic heterocycles. The van der Waals surface area contributed by atoms with Gasteiger partial charge in [0.05, 0.1) is 11.7 Å². The van der Waals surface area contributed by atoms with Crippen LogP contribution in [-0.2, 0) is 0 Å². The molecule has 0 aliphatic rings. The topological polar surface area (TPSA) is 45.0 Å². The van der Waals surface area contributed by atoms with Crippen LogP contribution in [0.15, 0.2) is 18.2 Å². The van der Waals surface area contributed by atoms with Crippen LogP contribution in [0.5, 0.6) is 5.75 Å². The van der Waals surface area contributed by atoms with Gasteiger partial charge in [0.15, 0.2) is 0 Å². The van der Waals surface area contributed by atoms with Crippen LogP contribution in [0.1, 0.15) is 31.7 Å². The molecule has 5 heteroatoms. The number of halogens is 2. The Hall–Kier alpha value is -0.950. The Kier molecular flexibility index (Phi) is 9.42. The summed E-state index contributed by atoms with van der Waals surface area (Å²) in [5.41, 5.74) is 0.532. The van der Waals surface area contributed by atoms with Crippen LogP contribution in [-0.4, -0.2) is 19.7 Å². The van der Waals surface area contributed by atoms with E-state index in [0.29, 0.717) is 16.3 Å². The Labute approximate surface area is 126 Å². The molecule has 0 aromatic heterocycles. The van der Waals surface area contributed by atoms with E-state index >= 15 is 0 Å². The number of nitrogens with zero attached hydrogens (tertiary/aromatic N) is 1. The quantitative estimate of drug-likeness (QED) is 0.833. The second-order valence-corrected chi connectivity index (χ2v) is 4.61. The van der Waals surface area contributed by atoms with Crippen molar-refractivity contribution in [2.75, 3.05) is 13.6 Å². The number of nitrogens with one attached hydrogen (secondary N) is 1. The van der Waals surface area contributed by atoms with Crippen molar-refractivity contribution < 1.29 is 4.74 Å². The van der Waals surface area contributed by atoms with E-state index in [9.17, 15) is 0 Å². The van der Waals surface area contributed by atoms with Gasteiger partial charge >= 0.3 is 0 Å². The summed E-state index contributed by atoms with van der Waals surface area (Å²) in [5, 5.41) is 12.7. The van der Waals surface area contributed by atoms with Gasteiger partial charge in [0.2, 0.25) is 0 Å². The lowest BCUT2D eigenvalue weighted by Gasteiger charge is -2.19. The zero-order valence-electron chi connectivity index (χ0n) is 11.3. The fourth-order valence-electron chi connectivity index (χ4n) is 1.76. The van der Waals surface area contributed by atoms with Crippen molar-refractivity contribution in [2.45, 2.75) is 32.3 Å². The maximum Gasteiger partial charge on any atom is 0.138 e. The van der Waals surface area contributed by atoms with E-state index in [-0.39, 0.29) is 18.5 Å². The van der Waals surface area contributed by atoms with Crippen molar-refractivity contribution in [3.63, 3.8) is 0 Å². The maximum atomic E-state index is 9.04. The number of hydrogen-bond donors (Lipinski definition) is 1. The van der Waals surface area contributed by atoms with Gasteiger partial charge in [-0.25, -0.2) is 0 Å². The summed E-state index contributed by atoms with van der Waals surface area (Å²) in [4.78, 5) is 0. The average Bonchev–Trinajstić information content (AvgIpc) is 2.36.